The molecule has 1 aliphatic heterocycles. The zero-order chi connectivity index (χ0) is 25.2. The Bertz CT molecular complexity index is 1490. The Hall–Kier alpha value is -4.03. The van der Waals surface area contributed by atoms with Crippen LogP contribution in [0.15, 0.2) is 71.7 Å². The molecule has 0 aromatic heterocycles. The molecule has 1 aliphatic rings. The molecule has 1 heterocycles. The summed E-state index contributed by atoms with van der Waals surface area (Å²) in [7, 11) is 3.86. The van der Waals surface area contributed by atoms with Gasteiger partial charge in [-0.25, -0.2) is 0 Å². The third kappa shape index (κ3) is 4.36. The SMILES string of the molecule is CCCOc1ccc(C=Nc2cccc3cc4cccc5c4c(c23)C(=O)N(CCN(C)C)C5=O)cc1. The number of nitrogens with zero attached hydrogens (tertiary/aromatic N) is 3. The molecule has 0 unspecified atom stereocenters. The van der Waals surface area contributed by atoms with Crippen LogP contribution in [0.1, 0.15) is 39.6 Å². The molecule has 0 saturated heterocycles. The average molecular weight is 480 g/mol. The quantitative estimate of drug-likeness (QED) is 0.185. The van der Waals surface area contributed by atoms with E-state index in [-0.39, 0.29) is 11.8 Å². The molecule has 5 rings (SSSR count). The van der Waals surface area contributed by atoms with Gasteiger partial charge in [-0.1, -0.05) is 31.2 Å². The van der Waals surface area contributed by atoms with Gasteiger partial charge in [0.05, 0.1) is 17.9 Å². The van der Waals surface area contributed by atoms with Crippen LogP contribution in [0.2, 0.25) is 0 Å². The summed E-state index contributed by atoms with van der Waals surface area (Å²) in [6.45, 7) is 3.68. The van der Waals surface area contributed by atoms with Crippen LogP contribution in [-0.4, -0.2) is 61.6 Å². The van der Waals surface area contributed by atoms with Crippen molar-refractivity contribution < 1.29 is 14.3 Å². The standard InChI is InChI=1S/C30H29N3O3/c1-4-17-36-23-13-11-20(12-14-23)19-31-25-10-6-8-22-18-21-7-5-9-24-26(21)28(27(22)25)30(35)33(29(24)34)16-15-32(2)3/h5-14,18-19H,4,15-17H2,1-3H3. The normalized spacial score (nSPS) is 13.5. The number of imide groups is 1. The van der Waals surface area contributed by atoms with E-state index in [2.05, 4.69) is 6.92 Å². The van der Waals surface area contributed by atoms with Gasteiger partial charge in [-0.15, -0.1) is 0 Å². The molecule has 2 amide bonds. The molecule has 0 bridgehead atoms. The molecule has 4 aromatic carbocycles. The lowest BCUT2D eigenvalue weighted by Crippen LogP contribution is -2.43. The maximum absolute atomic E-state index is 13.8. The van der Waals surface area contributed by atoms with Crippen molar-refractivity contribution in [3.63, 3.8) is 0 Å². The lowest BCUT2D eigenvalue weighted by Gasteiger charge is -2.29. The fourth-order valence-electron chi connectivity index (χ4n) is 4.60. The summed E-state index contributed by atoms with van der Waals surface area (Å²) in [5.74, 6) is 0.317. The van der Waals surface area contributed by atoms with Gasteiger partial charge < -0.3 is 9.64 Å². The van der Waals surface area contributed by atoms with E-state index >= 15 is 0 Å². The van der Waals surface area contributed by atoms with Crippen molar-refractivity contribution >= 4 is 45.3 Å². The van der Waals surface area contributed by atoms with E-state index in [9.17, 15) is 9.59 Å². The van der Waals surface area contributed by atoms with Gasteiger partial charge in [-0.05, 0) is 79.3 Å². The molecule has 4 aromatic rings. The average Bonchev–Trinajstić information content (AvgIpc) is 2.88. The number of hydrogen-bond donors (Lipinski definition) is 0. The van der Waals surface area contributed by atoms with Gasteiger partial charge in [0.25, 0.3) is 11.8 Å². The first-order valence-corrected chi connectivity index (χ1v) is 12.2. The number of aliphatic imine (C=N–C) groups is 1. The summed E-state index contributed by atoms with van der Waals surface area (Å²) < 4.78 is 5.67. The monoisotopic (exact) mass is 479 g/mol. The van der Waals surface area contributed by atoms with Crippen LogP contribution in [0.25, 0.3) is 21.5 Å². The van der Waals surface area contributed by atoms with Gasteiger partial charge >= 0.3 is 0 Å². The van der Waals surface area contributed by atoms with Crippen molar-refractivity contribution in [2.24, 2.45) is 4.99 Å². The topological polar surface area (TPSA) is 62.2 Å². The number of amides is 2. The third-order valence-electron chi connectivity index (χ3n) is 6.39. The molecular weight excluding hydrogens is 450 g/mol. The number of benzene rings is 4. The molecule has 0 radical (unpaired) electrons. The molecule has 0 fully saturated rings. The summed E-state index contributed by atoms with van der Waals surface area (Å²) in [6, 6.07) is 21.3. The zero-order valence-corrected chi connectivity index (χ0v) is 20.8. The van der Waals surface area contributed by atoms with Gasteiger partial charge in [0.15, 0.2) is 0 Å². The highest BCUT2D eigenvalue weighted by atomic mass is 16.5. The molecule has 182 valence electrons. The predicted molar refractivity (Wildman–Crippen MR) is 145 cm³/mol. The second kappa shape index (κ2) is 9.91. The first-order valence-electron chi connectivity index (χ1n) is 12.2. The highest BCUT2D eigenvalue weighted by Gasteiger charge is 2.34. The maximum atomic E-state index is 13.8. The van der Waals surface area contributed by atoms with Crippen LogP contribution in [0.5, 0.6) is 5.75 Å². The minimum Gasteiger partial charge on any atom is -0.494 e. The first kappa shape index (κ1) is 23.7. The van der Waals surface area contributed by atoms with Crippen LogP contribution in [0, 0.1) is 0 Å². The van der Waals surface area contributed by atoms with Gasteiger partial charge in [0, 0.05) is 35.6 Å². The predicted octanol–water partition coefficient (Wildman–Crippen LogP) is 5.69. The van der Waals surface area contributed by atoms with E-state index in [1.165, 1.54) is 4.90 Å². The molecule has 0 N–H and O–H groups in total. The Morgan fingerprint density at radius 3 is 2.36 bits per heavy atom. The molecular formula is C30H29N3O3. The van der Waals surface area contributed by atoms with Crippen LogP contribution in [-0.2, 0) is 0 Å². The lowest BCUT2D eigenvalue weighted by atomic mass is 9.89. The van der Waals surface area contributed by atoms with Crippen molar-refractivity contribution in [2.75, 3.05) is 33.8 Å². The van der Waals surface area contributed by atoms with Crippen LogP contribution < -0.4 is 4.74 Å². The van der Waals surface area contributed by atoms with Crippen molar-refractivity contribution in [1.82, 2.24) is 9.80 Å². The summed E-state index contributed by atoms with van der Waals surface area (Å²) in [4.78, 5) is 35.2. The van der Waals surface area contributed by atoms with E-state index in [0.29, 0.717) is 41.9 Å². The van der Waals surface area contributed by atoms with E-state index in [0.717, 1.165) is 33.9 Å². The number of rotatable bonds is 8. The van der Waals surface area contributed by atoms with E-state index < -0.39 is 0 Å². The molecule has 36 heavy (non-hydrogen) atoms. The minimum absolute atomic E-state index is 0.245. The van der Waals surface area contributed by atoms with Crippen molar-refractivity contribution in [2.45, 2.75) is 13.3 Å². The largest absolute Gasteiger partial charge is 0.494 e. The van der Waals surface area contributed by atoms with Crippen LogP contribution in [0.4, 0.5) is 5.69 Å². The van der Waals surface area contributed by atoms with Gasteiger partial charge in [-0.2, -0.15) is 0 Å². The Balaban J connectivity index is 1.62. The van der Waals surface area contributed by atoms with Crippen molar-refractivity contribution in [3.05, 3.63) is 83.4 Å². The van der Waals surface area contributed by atoms with Crippen LogP contribution in [0.3, 0.4) is 0 Å². The van der Waals surface area contributed by atoms with Gasteiger partial charge in [0.2, 0.25) is 0 Å². The summed E-state index contributed by atoms with van der Waals surface area (Å²) in [5.41, 5.74) is 2.73. The number of carbonyl (C=O) groups excluding carboxylic acids is 2. The molecule has 6 nitrogen and oxygen atoms in total. The molecule has 6 heteroatoms. The Morgan fingerprint density at radius 1 is 0.917 bits per heavy atom. The number of hydrogen-bond acceptors (Lipinski definition) is 5. The first-order chi connectivity index (χ1) is 17.5. The van der Waals surface area contributed by atoms with Crippen LogP contribution >= 0.6 is 0 Å². The Kier molecular flexibility index (Phi) is 6.53. The van der Waals surface area contributed by atoms with Crippen molar-refractivity contribution in [1.29, 1.82) is 0 Å². The van der Waals surface area contributed by atoms with E-state index in [4.69, 9.17) is 9.73 Å². The van der Waals surface area contributed by atoms with E-state index in [1.54, 1.807) is 6.21 Å². The van der Waals surface area contributed by atoms with Gasteiger partial charge in [-0.3, -0.25) is 19.5 Å². The third-order valence-corrected chi connectivity index (χ3v) is 6.39. The Labute approximate surface area is 210 Å². The zero-order valence-electron chi connectivity index (χ0n) is 20.8. The molecule has 0 atom stereocenters. The fourth-order valence-corrected chi connectivity index (χ4v) is 4.60. The fraction of sp³-hybridized carbons (Fsp3) is 0.233. The number of likely N-dealkylation sites (N-methyl/N-ethyl adjacent to an activating group) is 1. The lowest BCUT2D eigenvalue weighted by molar-refractivity contribution is 0.0602. The number of fused-ring (bicyclic) bond motifs is 2. The highest BCUT2D eigenvalue weighted by Crippen LogP contribution is 2.39. The Morgan fingerprint density at radius 2 is 1.64 bits per heavy atom. The number of ether oxygens (including phenoxy) is 1. The summed E-state index contributed by atoms with van der Waals surface area (Å²) in [6.07, 6.45) is 2.75. The summed E-state index contributed by atoms with van der Waals surface area (Å²) >= 11 is 0. The highest BCUT2D eigenvalue weighted by molar-refractivity contribution is 6.31. The van der Waals surface area contributed by atoms with E-state index in [1.807, 2.05) is 85.7 Å². The second-order valence-corrected chi connectivity index (χ2v) is 9.27. The number of carbonyl (C=O) groups is 2. The summed E-state index contributed by atoms with van der Waals surface area (Å²) in [5, 5.41) is 3.28. The smallest absolute Gasteiger partial charge is 0.262 e. The second-order valence-electron chi connectivity index (χ2n) is 9.27. The maximum Gasteiger partial charge on any atom is 0.262 e. The molecule has 0 aliphatic carbocycles. The van der Waals surface area contributed by atoms with Gasteiger partial charge in [0.1, 0.15) is 5.75 Å². The van der Waals surface area contributed by atoms with Crippen molar-refractivity contribution in [3.8, 4) is 5.75 Å². The minimum atomic E-state index is -0.267. The molecule has 0 spiro atoms. The molecule has 0 saturated carbocycles.